The number of ether oxygens (including phenoxy) is 1. The van der Waals surface area contributed by atoms with E-state index in [4.69, 9.17) is 10.5 Å². The molecule has 0 spiro atoms. The second-order valence-corrected chi connectivity index (χ2v) is 5.48. The molecule has 1 aromatic rings. The first-order chi connectivity index (χ1) is 7.47. The number of aryl methyl sites for hydroxylation is 1. The summed E-state index contributed by atoms with van der Waals surface area (Å²) in [5, 5.41) is 0. The average molecular weight is 219 g/mol. The molecular weight excluding hydrogens is 198 g/mol. The van der Waals surface area contributed by atoms with Crippen LogP contribution in [0.3, 0.4) is 0 Å². The van der Waals surface area contributed by atoms with E-state index < -0.39 is 0 Å². The maximum Gasteiger partial charge on any atom is 0.124 e. The molecule has 1 aliphatic carbocycles. The van der Waals surface area contributed by atoms with E-state index in [-0.39, 0.29) is 5.54 Å². The van der Waals surface area contributed by atoms with Gasteiger partial charge in [-0.25, -0.2) is 0 Å². The quantitative estimate of drug-likeness (QED) is 0.845. The van der Waals surface area contributed by atoms with Crippen LogP contribution in [0, 0.1) is 12.8 Å². The van der Waals surface area contributed by atoms with Crippen LogP contribution in [-0.4, -0.2) is 6.61 Å². The molecule has 1 fully saturated rings. The molecule has 0 amide bonds. The molecule has 16 heavy (non-hydrogen) atoms. The normalized spacial score (nSPS) is 16.2. The van der Waals surface area contributed by atoms with Crippen LogP contribution < -0.4 is 10.5 Å². The van der Waals surface area contributed by atoms with Crippen molar-refractivity contribution in [3.05, 3.63) is 29.3 Å². The molecule has 0 atom stereocenters. The van der Waals surface area contributed by atoms with Crippen molar-refractivity contribution in [2.45, 2.75) is 39.2 Å². The fourth-order valence-corrected chi connectivity index (χ4v) is 1.77. The van der Waals surface area contributed by atoms with Gasteiger partial charge in [0.05, 0.1) is 6.61 Å². The molecule has 2 rings (SSSR count). The Bertz CT molecular complexity index is 375. The van der Waals surface area contributed by atoms with E-state index >= 15 is 0 Å². The first kappa shape index (κ1) is 11.5. The molecule has 0 aromatic heterocycles. The first-order valence-corrected chi connectivity index (χ1v) is 5.99. The molecule has 0 aliphatic heterocycles. The lowest BCUT2D eigenvalue weighted by atomic mass is 9.93. The third-order valence-corrected chi connectivity index (χ3v) is 3.00. The minimum Gasteiger partial charge on any atom is -0.493 e. The van der Waals surface area contributed by atoms with Gasteiger partial charge in [0.2, 0.25) is 0 Å². The predicted molar refractivity (Wildman–Crippen MR) is 66.6 cm³/mol. The van der Waals surface area contributed by atoms with Gasteiger partial charge < -0.3 is 10.5 Å². The van der Waals surface area contributed by atoms with E-state index in [1.54, 1.807) is 0 Å². The van der Waals surface area contributed by atoms with Crippen molar-refractivity contribution in [3.63, 3.8) is 0 Å². The molecular formula is C14H21NO. The largest absolute Gasteiger partial charge is 0.493 e. The van der Waals surface area contributed by atoms with Crippen molar-refractivity contribution >= 4 is 0 Å². The SMILES string of the molecule is Cc1ccc(OCC2CC2)c(C(C)(C)N)c1. The summed E-state index contributed by atoms with van der Waals surface area (Å²) in [6, 6.07) is 6.25. The Kier molecular flexibility index (Phi) is 2.94. The van der Waals surface area contributed by atoms with Gasteiger partial charge in [-0.3, -0.25) is 0 Å². The topological polar surface area (TPSA) is 35.2 Å². The third-order valence-electron chi connectivity index (χ3n) is 3.00. The fraction of sp³-hybridized carbons (Fsp3) is 0.571. The second-order valence-electron chi connectivity index (χ2n) is 5.48. The van der Waals surface area contributed by atoms with Crippen LogP contribution in [0.2, 0.25) is 0 Å². The summed E-state index contributed by atoms with van der Waals surface area (Å²) in [6.07, 6.45) is 2.63. The minimum absolute atomic E-state index is 0.342. The van der Waals surface area contributed by atoms with Crippen LogP contribution in [0.1, 0.15) is 37.8 Å². The van der Waals surface area contributed by atoms with Crippen molar-refractivity contribution in [3.8, 4) is 5.75 Å². The van der Waals surface area contributed by atoms with Gasteiger partial charge in [0.25, 0.3) is 0 Å². The van der Waals surface area contributed by atoms with Gasteiger partial charge in [-0.05, 0) is 45.6 Å². The molecule has 1 aromatic carbocycles. The summed E-state index contributed by atoms with van der Waals surface area (Å²) in [7, 11) is 0. The Morgan fingerprint density at radius 3 is 2.62 bits per heavy atom. The summed E-state index contributed by atoms with van der Waals surface area (Å²) >= 11 is 0. The lowest BCUT2D eigenvalue weighted by Gasteiger charge is -2.23. The lowest BCUT2D eigenvalue weighted by molar-refractivity contribution is 0.291. The van der Waals surface area contributed by atoms with E-state index in [0.717, 1.165) is 23.8 Å². The van der Waals surface area contributed by atoms with Gasteiger partial charge in [0, 0.05) is 11.1 Å². The molecule has 2 nitrogen and oxygen atoms in total. The summed E-state index contributed by atoms with van der Waals surface area (Å²) in [6.45, 7) is 6.96. The van der Waals surface area contributed by atoms with E-state index in [0.29, 0.717) is 0 Å². The maximum atomic E-state index is 6.17. The molecule has 0 bridgehead atoms. The van der Waals surface area contributed by atoms with Crippen LogP contribution >= 0.6 is 0 Å². The average Bonchev–Trinajstić information content (AvgIpc) is 2.98. The lowest BCUT2D eigenvalue weighted by Crippen LogP contribution is -2.29. The van der Waals surface area contributed by atoms with Gasteiger partial charge in [0.1, 0.15) is 5.75 Å². The smallest absolute Gasteiger partial charge is 0.124 e. The Hall–Kier alpha value is -1.02. The summed E-state index contributed by atoms with van der Waals surface area (Å²) < 4.78 is 5.86. The van der Waals surface area contributed by atoms with Crippen LogP contribution in [0.4, 0.5) is 0 Å². The highest BCUT2D eigenvalue weighted by Crippen LogP contribution is 2.33. The Labute approximate surface area is 97.8 Å². The number of benzene rings is 1. The zero-order chi connectivity index (χ0) is 11.8. The molecule has 2 N–H and O–H groups in total. The van der Waals surface area contributed by atoms with Crippen molar-refractivity contribution < 1.29 is 4.74 Å². The van der Waals surface area contributed by atoms with E-state index in [9.17, 15) is 0 Å². The Balaban J connectivity index is 2.20. The minimum atomic E-state index is -0.342. The summed E-state index contributed by atoms with van der Waals surface area (Å²) in [5.74, 6) is 1.72. The molecule has 1 saturated carbocycles. The van der Waals surface area contributed by atoms with Crippen molar-refractivity contribution in [1.82, 2.24) is 0 Å². The molecule has 0 heterocycles. The van der Waals surface area contributed by atoms with Gasteiger partial charge in [-0.1, -0.05) is 17.7 Å². The van der Waals surface area contributed by atoms with Crippen molar-refractivity contribution in [2.24, 2.45) is 11.7 Å². The predicted octanol–water partition coefficient (Wildman–Crippen LogP) is 2.98. The summed E-state index contributed by atoms with van der Waals surface area (Å²) in [5.41, 5.74) is 8.16. The molecule has 0 unspecified atom stereocenters. The monoisotopic (exact) mass is 219 g/mol. The zero-order valence-electron chi connectivity index (χ0n) is 10.4. The molecule has 0 radical (unpaired) electrons. The van der Waals surface area contributed by atoms with Crippen LogP contribution in [0.25, 0.3) is 0 Å². The van der Waals surface area contributed by atoms with Crippen molar-refractivity contribution in [1.29, 1.82) is 0 Å². The van der Waals surface area contributed by atoms with Gasteiger partial charge in [-0.2, -0.15) is 0 Å². The highest BCUT2D eigenvalue weighted by atomic mass is 16.5. The van der Waals surface area contributed by atoms with Crippen LogP contribution in [-0.2, 0) is 5.54 Å². The molecule has 88 valence electrons. The maximum absolute atomic E-state index is 6.17. The molecule has 2 heteroatoms. The van der Waals surface area contributed by atoms with Gasteiger partial charge in [-0.15, -0.1) is 0 Å². The number of hydrogen-bond donors (Lipinski definition) is 1. The fourth-order valence-electron chi connectivity index (χ4n) is 1.77. The summed E-state index contributed by atoms with van der Waals surface area (Å²) in [4.78, 5) is 0. The van der Waals surface area contributed by atoms with E-state index in [1.165, 1.54) is 18.4 Å². The highest BCUT2D eigenvalue weighted by Gasteiger charge is 2.24. The van der Waals surface area contributed by atoms with Crippen LogP contribution in [0.15, 0.2) is 18.2 Å². The molecule has 1 aliphatic rings. The molecule has 0 saturated heterocycles. The number of rotatable bonds is 4. The highest BCUT2D eigenvalue weighted by molar-refractivity contribution is 5.41. The second kappa shape index (κ2) is 4.10. The zero-order valence-corrected chi connectivity index (χ0v) is 10.4. The van der Waals surface area contributed by atoms with Gasteiger partial charge in [0.15, 0.2) is 0 Å². The van der Waals surface area contributed by atoms with Crippen LogP contribution in [0.5, 0.6) is 5.75 Å². The van der Waals surface area contributed by atoms with Crippen molar-refractivity contribution in [2.75, 3.05) is 6.61 Å². The first-order valence-electron chi connectivity index (χ1n) is 5.99. The van der Waals surface area contributed by atoms with E-state index in [1.807, 2.05) is 19.9 Å². The third kappa shape index (κ3) is 2.76. The Morgan fingerprint density at radius 1 is 1.38 bits per heavy atom. The van der Waals surface area contributed by atoms with Gasteiger partial charge >= 0.3 is 0 Å². The standard InChI is InChI=1S/C14H21NO/c1-10-4-7-13(16-9-11-5-6-11)12(8-10)14(2,3)15/h4,7-8,11H,5-6,9,15H2,1-3H3. The Morgan fingerprint density at radius 2 is 2.06 bits per heavy atom. The number of hydrogen-bond acceptors (Lipinski definition) is 2. The van der Waals surface area contributed by atoms with E-state index in [2.05, 4.69) is 19.1 Å². The number of nitrogens with two attached hydrogens (primary N) is 1.